The summed E-state index contributed by atoms with van der Waals surface area (Å²) in [4.78, 5) is 14.4. The molecule has 0 aliphatic carbocycles. The lowest BCUT2D eigenvalue weighted by Gasteiger charge is -2.13. The first-order chi connectivity index (χ1) is 16.8. The Labute approximate surface area is 206 Å². The number of nitro benzene ring substituents is 1. The van der Waals surface area contributed by atoms with E-state index in [9.17, 15) is 18.5 Å². The van der Waals surface area contributed by atoms with E-state index in [1.54, 1.807) is 24.5 Å². The molecule has 0 atom stereocenters. The second-order valence-corrected chi connectivity index (χ2v) is 9.28. The smallest absolute Gasteiger partial charge is 0.270 e. The molecule has 0 amide bonds. The molecule has 0 spiro atoms. The number of hydrogen-bond acceptors (Lipinski definition) is 7. The molecule has 1 aromatic heterocycles. The zero-order valence-electron chi connectivity index (χ0n) is 18.0. The van der Waals surface area contributed by atoms with Crippen molar-refractivity contribution in [3.8, 4) is 11.1 Å². The van der Waals surface area contributed by atoms with E-state index >= 15 is 0 Å². The van der Waals surface area contributed by atoms with Crippen molar-refractivity contribution in [2.24, 2.45) is 5.10 Å². The number of pyridine rings is 1. The molecule has 4 rings (SSSR count). The second kappa shape index (κ2) is 10.3. The monoisotopic (exact) mass is 507 g/mol. The van der Waals surface area contributed by atoms with Gasteiger partial charge in [-0.1, -0.05) is 54.1 Å². The van der Waals surface area contributed by atoms with Gasteiger partial charge >= 0.3 is 0 Å². The van der Waals surface area contributed by atoms with E-state index in [1.165, 1.54) is 30.5 Å². The molecular weight excluding hydrogens is 490 g/mol. The normalized spacial score (nSPS) is 11.3. The molecule has 0 aliphatic rings. The Morgan fingerprint density at radius 2 is 1.74 bits per heavy atom. The van der Waals surface area contributed by atoms with Crippen LogP contribution in [0.15, 0.2) is 101 Å². The van der Waals surface area contributed by atoms with Crippen molar-refractivity contribution >= 4 is 44.9 Å². The Balaban J connectivity index is 1.67. The predicted octanol–water partition coefficient (Wildman–Crippen LogP) is 5.56. The number of benzene rings is 3. The fourth-order valence-electron chi connectivity index (χ4n) is 3.25. The summed E-state index contributed by atoms with van der Waals surface area (Å²) in [5.41, 5.74) is 5.01. The average molecular weight is 508 g/mol. The van der Waals surface area contributed by atoms with E-state index < -0.39 is 14.9 Å². The largest absolute Gasteiger partial charge is 0.278 e. The highest BCUT2D eigenvalue weighted by Crippen LogP contribution is 2.30. The Bertz CT molecular complexity index is 1510. The summed E-state index contributed by atoms with van der Waals surface area (Å²) in [5.74, 6) is 0. The average Bonchev–Trinajstić information content (AvgIpc) is 2.86. The van der Waals surface area contributed by atoms with Gasteiger partial charge in [0.25, 0.3) is 15.7 Å². The number of nitrogens with zero attached hydrogens (tertiary/aromatic N) is 3. The van der Waals surface area contributed by atoms with E-state index in [-0.39, 0.29) is 27.0 Å². The minimum atomic E-state index is -4.25. The third kappa shape index (κ3) is 5.62. The van der Waals surface area contributed by atoms with E-state index in [0.29, 0.717) is 0 Å². The number of halogens is 1. The minimum absolute atomic E-state index is 0.0465. The molecule has 176 valence electrons. The molecule has 35 heavy (non-hydrogen) atoms. The highest BCUT2D eigenvalue weighted by atomic mass is 35.5. The van der Waals surface area contributed by atoms with Crippen LogP contribution in [0.1, 0.15) is 5.56 Å². The van der Waals surface area contributed by atoms with Gasteiger partial charge in [0.1, 0.15) is 4.90 Å². The van der Waals surface area contributed by atoms with Crippen molar-refractivity contribution in [2.75, 3.05) is 10.1 Å². The molecule has 0 radical (unpaired) electrons. The molecule has 4 aromatic rings. The van der Waals surface area contributed by atoms with Crippen LogP contribution in [0.5, 0.6) is 0 Å². The molecule has 11 heteroatoms. The van der Waals surface area contributed by atoms with Gasteiger partial charge in [-0.15, -0.1) is 0 Å². The topological polar surface area (TPSA) is 127 Å². The third-order valence-electron chi connectivity index (χ3n) is 4.91. The van der Waals surface area contributed by atoms with Gasteiger partial charge in [0, 0.05) is 35.7 Å². The second-order valence-electron chi connectivity index (χ2n) is 7.22. The molecule has 2 N–H and O–H groups in total. The lowest BCUT2D eigenvalue weighted by atomic mass is 10.0. The summed E-state index contributed by atoms with van der Waals surface area (Å²) in [6.45, 7) is 0. The fraction of sp³-hybridized carbons (Fsp3) is 0. The van der Waals surface area contributed by atoms with Crippen LogP contribution in [0.4, 0.5) is 17.1 Å². The molecular formula is C24H18ClN5O4S. The van der Waals surface area contributed by atoms with Gasteiger partial charge in [0.15, 0.2) is 0 Å². The summed E-state index contributed by atoms with van der Waals surface area (Å²) < 4.78 is 28.6. The Morgan fingerprint density at radius 1 is 0.971 bits per heavy atom. The number of hydrogen-bond donors (Lipinski definition) is 2. The molecule has 0 fully saturated rings. The number of aromatic nitrogens is 1. The third-order valence-corrected chi connectivity index (χ3v) is 6.64. The number of para-hydroxylation sites is 1. The Kier molecular flexibility index (Phi) is 7.04. The van der Waals surface area contributed by atoms with Crippen LogP contribution < -0.4 is 10.1 Å². The molecule has 0 aliphatic heterocycles. The molecule has 1 heterocycles. The van der Waals surface area contributed by atoms with Gasteiger partial charge in [-0.2, -0.15) is 5.10 Å². The van der Waals surface area contributed by atoms with Crippen molar-refractivity contribution in [3.63, 3.8) is 0 Å². The van der Waals surface area contributed by atoms with Crippen LogP contribution in [-0.2, 0) is 10.0 Å². The van der Waals surface area contributed by atoms with Crippen molar-refractivity contribution in [1.82, 2.24) is 4.98 Å². The molecule has 3 aromatic carbocycles. The number of nitrogens with one attached hydrogen (secondary N) is 2. The van der Waals surface area contributed by atoms with Crippen molar-refractivity contribution in [2.45, 2.75) is 4.90 Å². The number of sulfonamides is 1. The number of hydrazone groups is 1. The summed E-state index contributed by atoms with van der Waals surface area (Å²) in [6, 6.07) is 20.9. The zero-order chi connectivity index (χ0) is 24.8. The number of nitro groups is 1. The van der Waals surface area contributed by atoms with Gasteiger partial charge in [-0.3, -0.25) is 25.2 Å². The maximum absolute atomic E-state index is 13.1. The summed E-state index contributed by atoms with van der Waals surface area (Å²) in [6.07, 6.45) is 4.93. The van der Waals surface area contributed by atoms with Gasteiger partial charge in [0.2, 0.25) is 0 Å². The van der Waals surface area contributed by atoms with E-state index in [1.807, 2.05) is 36.4 Å². The quantitative estimate of drug-likeness (QED) is 0.183. The van der Waals surface area contributed by atoms with Gasteiger partial charge in [0.05, 0.1) is 27.5 Å². The fourth-order valence-corrected chi connectivity index (χ4v) is 4.74. The summed E-state index contributed by atoms with van der Waals surface area (Å²) in [5, 5.41) is 15.7. The number of rotatable bonds is 8. The van der Waals surface area contributed by atoms with Crippen LogP contribution in [0, 0.1) is 10.1 Å². The Hall–Kier alpha value is -4.28. The minimum Gasteiger partial charge on any atom is -0.278 e. The molecule has 0 unspecified atom stereocenters. The number of non-ortho nitro benzene ring substituents is 1. The maximum atomic E-state index is 13.1. The lowest BCUT2D eigenvalue weighted by Crippen LogP contribution is -2.15. The van der Waals surface area contributed by atoms with Gasteiger partial charge in [-0.25, -0.2) is 8.42 Å². The maximum Gasteiger partial charge on any atom is 0.270 e. The highest BCUT2D eigenvalue weighted by molar-refractivity contribution is 7.93. The first-order valence-corrected chi connectivity index (χ1v) is 12.1. The van der Waals surface area contributed by atoms with Gasteiger partial charge < -0.3 is 0 Å². The van der Waals surface area contributed by atoms with Crippen molar-refractivity contribution in [1.29, 1.82) is 0 Å². The van der Waals surface area contributed by atoms with Crippen LogP contribution in [0.2, 0.25) is 5.02 Å². The van der Waals surface area contributed by atoms with Crippen LogP contribution in [0.3, 0.4) is 0 Å². The van der Waals surface area contributed by atoms with Crippen LogP contribution in [-0.4, -0.2) is 24.5 Å². The van der Waals surface area contributed by atoms with Gasteiger partial charge in [-0.05, 0) is 29.8 Å². The van der Waals surface area contributed by atoms with E-state index in [4.69, 9.17) is 11.6 Å². The van der Waals surface area contributed by atoms with E-state index in [0.717, 1.165) is 22.8 Å². The first-order valence-electron chi connectivity index (χ1n) is 10.2. The van der Waals surface area contributed by atoms with Crippen LogP contribution >= 0.6 is 11.6 Å². The first kappa shape index (κ1) is 23.9. The summed E-state index contributed by atoms with van der Waals surface area (Å²) in [7, 11) is -4.25. The molecule has 0 saturated carbocycles. The molecule has 0 bridgehead atoms. The number of anilines is 2. The SMILES string of the molecule is O=[N+]([O-])c1ccc(N/N=C/c2ccccc2-c2cccnc2)c(S(=O)(=O)Nc2ccccc2Cl)c1. The predicted molar refractivity (Wildman–Crippen MR) is 136 cm³/mol. The van der Waals surface area contributed by atoms with Crippen molar-refractivity contribution in [3.05, 3.63) is 112 Å². The van der Waals surface area contributed by atoms with Crippen LogP contribution in [0.25, 0.3) is 11.1 Å². The zero-order valence-corrected chi connectivity index (χ0v) is 19.6. The van der Waals surface area contributed by atoms with E-state index in [2.05, 4.69) is 20.2 Å². The van der Waals surface area contributed by atoms with Crippen molar-refractivity contribution < 1.29 is 13.3 Å². The molecule has 0 saturated heterocycles. The standard InChI is InChI=1S/C24H18ClN5O4S/c25-21-9-3-4-10-22(21)29-35(33,34)24-14-19(30(31)32)11-12-23(24)28-27-16-18-6-1-2-8-20(18)17-7-5-13-26-15-17/h1-16,28-29H/b27-16+. The Morgan fingerprint density at radius 3 is 2.49 bits per heavy atom. The highest BCUT2D eigenvalue weighted by Gasteiger charge is 2.23. The lowest BCUT2D eigenvalue weighted by molar-refractivity contribution is -0.385. The summed E-state index contributed by atoms with van der Waals surface area (Å²) >= 11 is 6.08. The molecule has 9 nitrogen and oxygen atoms in total.